The zero-order chi connectivity index (χ0) is 22.1. The predicted octanol–water partition coefficient (Wildman–Crippen LogP) is 4.24. The van der Waals surface area contributed by atoms with Crippen LogP contribution in [0.1, 0.15) is 20.8 Å². The third kappa shape index (κ3) is 5.87. The third-order valence-corrected chi connectivity index (χ3v) is 7.25. The Balaban J connectivity index is 2.36. The Morgan fingerprint density at radius 1 is 1.38 bits per heavy atom. The van der Waals surface area contributed by atoms with Gasteiger partial charge in [0.15, 0.2) is 0 Å². The van der Waals surface area contributed by atoms with Crippen LogP contribution in [0.5, 0.6) is 0 Å². The fraction of sp³-hybridized carbons (Fsp3) is 0.562. The highest BCUT2D eigenvalue weighted by molar-refractivity contribution is 14.1. The van der Waals surface area contributed by atoms with Gasteiger partial charge in [-0.3, -0.25) is 0 Å². The number of benzene rings is 1. The van der Waals surface area contributed by atoms with Gasteiger partial charge in [0.05, 0.1) is 20.9 Å². The maximum absolute atomic E-state index is 13.8. The normalized spacial score (nSPS) is 16.0. The summed E-state index contributed by atoms with van der Waals surface area (Å²) in [5, 5.41) is -0.279. The Labute approximate surface area is 185 Å². The highest BCUT2D eigenvalue weighted by Gasteiger charge is 2.44. The van der Waals surface area contributed by atoms with E-state index >= 15 is 0 Å². The standard InChI is InChI=1S/C16H19ClF3IN2O5S/c1-16(2,3)28-15(24)23(11-5-4-10(18)13(21)12(11)17)29(25,26)22-6-9(7-22)8-27-14(19)20/h4-5,9,14H,6-8H2,1-3H3. The molecule has 1 aliphatic heterocycles. The molecule has 2 rings (SSSR count). The van der Waals surface area contributed by atoms with E-state index in [0.717, 1.165) is 16.4 Å². The molecule has 29 heavy (non-hydrogen) atoms. The van der Waals surface area contributed by atoms with Gasteiger partial charge in [0.25, 0.3) is 0 Å². The molecule has 0 radical (unpaired) electrons. The summed E-state index contributed by atoms with van der Waals surface area (Å²) in [4.78, 5) is 12.7. The van der Waals surface area contributed by atoms with E-state index in [1.165, 1.54) is 0 Å². The highest BCUT2D eigenvalue weighted by atomic mass is 127. The highest BCUT2D eigenvalue weighted by Crippen LogP contribution is 2.36. The lowest BCUT2D eigenvalue weighted by molar-refractivity contribution is -0.145. The van der Waals surface area contributed by atoms with Gasteiger partial charge in [-0.25, -0.2) is 9.18 Å². The van der Waals surface area contributed by atoms with Crippen molar-refractivity contribution in [3.05, 3.63) is 26.5 Å². The summed E-state index contributed by atoms with van der Waals surface area (Å²) < 4.78 is 74.8. The number of rotatable bonds is 6. The zero-order valence-electron chi connectivity index (χ0n) is 15.7. The van der Waals surface area contributed by atoms with Crippen LogP contribution in [0.4, 0.5) is 23.7 Å². The van der Waals surface area contributed by atoms with E-state index in [2.05, 4.69) is 4.74 Å². The van der Waals surface area contributed by atoms with Crippen LogP contribution in [0.15, 0.2) is 12.1 Å². The summed E-state index contributed by atoms with van der Waals surface area (Å²) in [6.07, 6.45) is -1.23. The van der Waals surface area contributed by atoms with Gasteiger partial charge in [0.2, 0.25) is 0 Å². The number of hydrogen-bond donors (Lipinski definition) is 0. The van der Waals surface area contributed by atoms with Crippen molar-refractivity contribution in [1.82, 2.24) is 4.31 Å². The minimum atomic E-state index is -4.47. The second-order valence-electron chi connectivity index (χ2n) is 7.22. The Morgan fingerprint density at radius 3 is 2.48 bits per heavy atom. The van der Waals surface area contributed by atoms with Gasteiger partial charge in [0.1, 0.15) is 11.4 Å². The third-order valence-electron chi connectivity index (χ3n) is 3.73. The minimum absolute atomic E-state index is 0.0719. The van der Waals surface area contributed by atoms with Crippen molar-refractivity contribution < 1.29 is 35.9 Å². The van der Waals surface area contributed by atoms with Gasteiger partial charge >= 0.3 is 22.9 Å². The molecule has 1 amide bonds. The number of carbonyl (C=O) groups excluding carboxylic acids is 1. The first-order valence-electron chi connectivity index (χ1n) is 8.30. The first kappa shape index (κ1) is 24.4. The Bertz CT molecular complexity index is 876. The van der Waals surface area contributed by atoms with Crippen LogP contribution in [-0.4, -0.2) is 50.7 Å². The van der Waals surface area contributed by atoms with E-state index in [9.17, 15) is 26.4 Å². The molecule has 1 saturated heterocycles. The molecule has 1 aromatic carbocycles. The van der Waals surface area contributed by atoms with Crippen molar-refractivity contribution in [1.29, 1.82) is 0 Å². The largest absolute Gasteiger partial charge is 0.443 e. The maximum Gasteiger partial charge on any atom is 0.429 e. The quantitative estimate of drug-likeness (QED) is 0.378. The molecule has 1 fully saturated rings. The number of hydrogen-bond acceptors (Lipinski definition) is 5. The fourth-order valence-corrected chi connectivity index (χ4v) is 4.83. The van der Waals surface area contributed by atoms with E-state index in [0.29, 0.717) is 4.31 Å². The Kier molecular flexibility index (Phi) is 7.69. The lowest BCUT2D eigenvalue weighted by Crippen LogP contribution is -2.58. The summed E-state index contributed by atoms with van der Waals surface area (Å²) in [7, 11) is -4.47. The number of nitrogens with zero attached hydrogens (tertiary/aromatic N) is 2. The van der Waals surface area contributed by atoms with E-state index in [1.807, 2.05) is 0 Å². The van der Waals surface area contributed by atoms with Gasteiger partial charge in [-0.15, -0.1) is 0 Å². The molecule has 0 N–H and O–H groups in total. The molecule has 0 saturated carbocycles. The molecule has 1 aromatic rings. The summed E-state index contributed by atoms with van der Waals surface area (Å²) in [6, 6.07) is 2.03. The molecule has 1 aliphatic rings. The van der Waals surface area contributed by atoms with Crippen LogP contribution in [0, 0.1) is 15.3 Å². The molecule has 7 nitrogen and oxygen atoms in total. The second kappa shape index (κ2) is 9.12. The molecule has 164 valence electrons. The number of anilines is 1. The van der Waals surface area contributed by atoms with Gasteiger partial charge in [-0.05, 0) is 55.5 Å². The van der Waals surface area contributed by atoms with E-state index < -0.39 is 40.3 Å². The van der Waals surface area contributed by atoms with E-state index in [-0.39, 0.29) is 34.0 Å². The molecule has 13 heteroatoms. The Hall–Kier alpha value is -0.830. The molecule has 0 aliphatic carbocycles. The molecule has 0 bridgehead atoms. The average Bonchev–Trinajstić information content (AvgIpc) is 2.51. The zero-order valence-corrected chi connectivity index (χ0v) is 19.4. The van der Waals surface area contributed by atoms with Crippen LogP contribution >= 0.6 is 34.2 Å². The summed E-state index contributed by atoms with van der Waals surface area (Å²) in [5.74, 6) is -1.14. The van der Waals surface area contributed by atoms with Crippen LogP contribution < -0.4 is 4.31 Å². The van der Waals surface area contributed by atoms with Crippen LogP contribution in [0.2, 0.25) is 5.02 Å². The summed E-state index contributed by atoms with van der Waals surface area (Å²) >= 11 is 7.70. The molecule has 0 unspecified atom stereocenters. The lowest BCUT2D eigenvalue weighted by Gasteiger charge is -2.40. The summed E-state index contributed by atoms with van der Waals surface area (Å²) in [5.41, 5.74) is -1.30. The molecular formula is C16H19ClF3IN2O5S. The lowest BCUT2D eigenvalue weighted by atomic mass is 10.1. The molecule has 0 atom stereocenters. The Morgan fingerprint density at radius 2 is 1.97 bits per heavy atom. The molecular weight excluding hydrogens is 552 g/mol. The first-order valence-corrected chi connectivity index (χ1v) is 11.2. The number of carbonyl (C=O) groups is 1. The topological polar surface area (TPSA) is 76.2 Å². The van der Waals surface area contributed by atoms with Gasteiger partial charge in [-0.2, -0.15) is 25.8 Å². The molecule has 1 heterocycles. The SMILES string of the molecule is CC(C)(C)OC(=O)N(c1ccc(F)c(I)c1Cl)S(=O)(=O)N1CC(COC(F)F)C1. The van der Waals surface area contributed by atoms with Crippen molar-refractivity contribution in [3.63, 3.8) is 0 Å². The van der Waals surface area contributed by atoms with E-state index in [4.69, 9.17) is 16.3 Å². The van der Waals surface area contributed by atoms with Crippen molar-refractivity contribution in [3.8, 4) is 0 Å². The predicted molar refractivity (Wildman–Crippen MR) is 109 cm³/mol. The van der Waals surface area contributed by atoms with Crippen molar-refractivity contribution in [2.24, 2.45) is 5.92 Å². The van der Waals surface area contributed by atoms with Crippen LogP contribution in [0.3, 0.4) is 0 Å². The molecule has 0 spiro atoms. The number of amides is 1. The minimum Gasteiger partial charge on any atom is -0.443 e. The van der Waals surface area contributed by atoms with Crippen LogP contribution in [-0.2, 0) is 19.7 Å². The van der Waals surface area contributed by atoms with Crippen molar-refractivity contribution in [2.45, 2.75) is 33.0 Å². The molecule has 0 aromatic heterocycles. The summed E-state index contributed by atoms with van der Waals surface area (Å²) in [6.45, 7) is 1.09. The second-order valence-corrected chi connectivity index (χ2v) is 10.5. The van der Waals surface area contributed by atoms with E-state index in [1.54, 1.807) is 43.4 Å². The monoisotopic (exact) mass is 570 g/mol. The number of alkyl halides is 2. The average molecular weight is 571 g/mol. The van der Waals surface area contributed by atoms with Crippen LogP contribution in [0.25, 0.3) is 0 Å². The smallest absolute Gasteiger partial charge is 0.429 e. The van der Waals surface area contributed by atoms with Gasteiger partial charge in [-0.1, -0.05) is 11.6 Å². The number of ether oxygens (including phenoxy) is 2. The first-order chi connectivity index (χ1) is 13.2. The van der Waals surface area contributed by atoms with Crippen molar-refractivity contribution in [2.75, 3.05) is 24.0 Å². The van der Waals surface area contributed by atoms with Gasteiger partial charge < -0.3 is 9.47 Å². The van der Waals surface area contributed by atoms with Crippen molar-refractivity contribution >= 4 is 56.2 Å². The fourth-order valence-electron chi connectivity index (χ4n) is 2.43. The van der Waals surface area contributed by atoms with Gasteiger partial charge in [0, 0.05) is 19.0 Å². The maximum atomic E-state index is 13.8. The number of halogens is 5.